The summed E-state index contributed by atoms with van der Waals surface area (Å²) in [5.41, 5.74) is 4.29. The molecule has 1 aromatic carbocycles. The highest BCUT2D eigenvalue weighted by Gasteiger charge is 2.33. The maximum Gasteiger partial charge on any atom is 0.253 e. The van der Waals surface area contributed by atoms with E-state index < -0.39 is 0 Å². The van der Waals surface area contributed by atoms with Crippen molar-refractivity contribution in [2.75, 3.05) is 13.1 Å². The van der Waals surface area contributed by atoms with Crippen LogP contribution in [0.15, 0.2) is 18.2 Å². The average Bonchev–Trinajstić information content (AvgIpc) is 2.61. The molecule has 2 fully saturated rings. The normalized spacial score (nSPS) is 24.0. The highest BCUT2D eigenvalue weighted by atomic mass is 16.2. The van der Waals surface area contributed by atoms with Gasteiger partial charge in [-0.15, -0.1) is 0 Å². The quantitative estimate of drug-likeness (QED) is 0.799. The predicted octanol–water partition coefficient (Wildman–Crippen LogP) is 3.90. The summed E-state index contributed by atoms with van der Waals surface area (Å²) in [4.78, 5) is 24.2. The fourth-order valence-corrected chi connectivity index (χ4v) is 4.33. The Bertz CT molecular complexity index is 786. The fourth-order valence-electron chi connectivity index (χ4n) is 4.33. The van der Waals surface area contributed by atoms with Gasteiger partial charge in [0.15, 0.2) is 0 Å². The molecule has 0 radical (unpaired) electrons. The van der Waals surface area contributed by atoms with Gasteiger partial charge < -0.3 is 4.90 Å². The highest BCUT2D eigenvalue weighted by molar-refractivity contribution is 5.97. The minimum atomic E-state index is 0.154. The minimum absolute atomic E-state index is 0.154. The van der Waals surface area contributed by atoms with Crippen molar-refractivity contribution in [3.8, 4) is 0 Å². The molecule has 1 aromatic heterocycles. The second-order valence-corrected chi connectivity index (χ2v) is 7.44. The molecule has 0 unspecified atom stereocenters. The van der Waals surface area contributed by atoms with Crippen LogP contribution in [0.3, 0.4) is 0 Å². The van der Waals surface area contributed by atoms with E-state index in [1.165, 1.54) is 32.1 Å². The van der Waals surface area contributed by atoms with Crippen LogP contribution in [0.5, 0.6) is 0 Å². The van der Waals surface area contributed by atoms with Crippen LogP contribution in [-0.2, 0) is 0 Å². The van der Waals surface area contributed by atoms with Crippen LogP contribution in [0.4, 0.5) is 0 Å². The summed E-state index contributed by atoms with van der Waals surface area (Å²) in [6.07, 6.45) is 6.51. The molecule has 126 valence electrons. The Morgan fingerprint density at radius 1 is 1.00 bits per heavy atom. The van der Waals surface area contributed by atoms with Gasteiger partial charge in [0, 0.05) is 18.7 Å². The molecule has 1 aliphatic heterocycles. The lowest BCUT2D eigenvalue weighted by molar-refractivity contribution is 0.0521. The SMILES string of the molecule is Cc1nc2ccc(C(=O)N3CC[C@H]4CCCC[C@@H]4C3)cc2nc1C. The number of carbonyl (C=O) groups is 1. The van der Waals surface area contributed by atoms with E-state index in [1.807, 2.05) is 32.0 Å². The van der Waals surface area contributed by atoms with Crippen molar-refractivity contribution in [1.29, 1.82) is 0 Å². The molecule has 0 spiro atoms. The summed E-state index contributed by atoms with van der Waals surface area (Å²) in [6.45, 7) is 5.76. The summed E-state index contributed by atoms with van der Waals surface area (Å²) in [5, 5.41) is 0. The smallest absolute Gasteiger partial charge is 0.253 e. The number of likely N-dealkylation sites (tertiary alicyclic amines) is 1. The Labute approximate surface area is 143 Å². The zero-order chi connectivity index (χ0) is 16.7. The van der Waals surface area contributed by atoms with Gasteiger partial charge in [0.25, 0.3) is 5.91 Å². The van der Waals surface area contributed by atoms with Crippen LogP contribution in [0.25, 0.3) is 11.0 Å². The summed E-state index contributed by atoms with van der Waals surface area (Å²) >= 11 is 0. The number of aromatic nitrogens is 2. The largest absolute Gasteiger partial charge is 0.338 e. The molecule has 1 saturated heterocycles. The first kappa shape index (κ1) is 15.6. The molecule has 1 saturated carbocycles. The molecule has 1 aliphatic carbocycles. The van der Waals surface area contributed by atoms with E-state index in [9.17, 15) is 4.79 Å². The van der Waals surface area contributed by atoms with Gasteiger partial charge in [-0.3, -0.25) is 4.79 Å². The first-order valence-electron chi connectivity index (χ1n) is 9.16. The minimum Gasteiger partial charge on any atom is -0.338 e. The Morgan fingerprint density at radius 2 is 1.71 bits per heavy atom. The third-order valence-electron chi connectivity index (χ3n) is 5.90. The van der Waals surface area contributed by atoms with Crippen molar-refractivity contribution in [2.24, 2.45) is 11.8 Å². The van der Waals surface area contributed by atoms with Crippen molar-refractivity contribution >= 4 is 16.9 Å². The number of hydrogen-bond donors (Lipinski definition) is 0. The first-order valence-corrected chi connectivity index (χ1v) is 9.16. The van der Waals surface area contributed by atoms with Crippen molar-refractivity contribution < 1.29 is 4.79 Å². The lowest BCUT2D eigenvalue weighted by Crippen LogP contribution is -2.44. The van der Waals surface area contributed by atoms with E-state index >= 15 is 0 Å². The van der Waals surface area contributed by atoms with Gasteiger partial charge in [0.05, 0.1) is 22.4 Å². The second-order valence-electron chi connectivity index (χ2n) is 7.44. The maximum atomic E-state index is 12.9. The van der Waals surface area contributed by atoms with Crippen LogP contribution in [0, 0.1) is 25.7 Å². The fraction of sp³-hybridized carbons (Fsp3) is 0.550. The molecule has 0 N–H and O–H groups in total. The predicted molar refractivity (Wildman–Crippen MR) is 95.0 cm³/mol. The number of nitrogens with zero attached hydrogens (tertiary/aromatic N) is 3. The number of aryl methyl sites for hydroxylation is 2. The zero-order valence-corrected chi connectivity index (χ0v) is 14.6. The lowest BCUT2D eigenvalue weighted by Gasteiger charge is -2.41. The number of benzene rings is 1. The van der Waals surface area contributed by atoms with Crippen LogP contribution in [0.2, 0.25) is 0 Å². The standard InChI is InChI=1S/C20H25N3O/c1-13-14(2)22-19-11-16(7-8-18(19)21-13)20(24)23-10-9-15-5-3-4-6-17(15)12-23/h7-8,11,15,17H,3-6,9-10,12H2,1-2H3/t15-,17-/m1/s1. The molecule has 0 bridgehead atoms. The van der Waals surface area contributed by atoms with E-state index in [1.54, 1.807) is 0 Å². The van der Waals surface area contributed by atoms with Crippen LogP contribution < -0.4 is 0 Å². The molecule has 24 heavy (non-hydrogen) atoms. The Kier molecular flexibility index (Phi) is 3.99. The van der Waals surface area contributed by atoms with Crippen LogP contribution in [0.1, 0.15) is 53.8 Å². The Hall–Kier alpha value is -1.97. The number of carbonyl (C=O) groups excluding carboxylic acids is 1. The lowest BCUT2D eigenvalue weighted by atomic mass is 9.75. The summed E-state index contributed by atoms with van der Waals surface area (Å²) in [7, 11) is 0. The van der Waals surface area contributed by atoms with E-state index in [0.717, 1.165) is 47.0 Å². The Morgan fingerprint density at radius 3 is 2.50 bits per heavy atom. The van der Waals surface area contributed by atoms with Gasteiger partial charge in [-0.2, -0.15) is 0 Å². The molecule has 2 atom stereocenters. The van der Waals surface area contributed by atoms with E-state index in [2.05, 4.69) is 14.9 Å². The van der Waals surface area contributed by atoms with E-state index in [4.69, 9.17) is 0 Å². The van der Waals surface area contributed by atoms with Gasteiger partial charge >= 0.3 is 0 Å². The van der Waals surface area contributed by atoms with Crippen molar-refractivity contribution in [3.05, 3.63) is 35.2 Å². The monoisotopic (exact) mass is 323 g/mol. The van der Waals surface area contributed by atoms with Gasteiger partial charge in [-0.1, -0.05) is 19.3 Å². The molecular formula is C20H25N3O. The number of rotatable bonds is 1. The second kappa shape index (κ2) is 6.15. The summed E-state index contributed by atoms with van der Waals surface area (Å²) in [5.74, 6) is 1.71. The number of piperidine rings is 1. The molecular weight excluding hydrogens is 298 g/mol. The third-order valence-corrected chi connectivity index (χ3v) is 5.90. The van der Waals surface area contributed by atoms with E-state index in [-0.39, 0.29) is 5.91 Å². The van der Waals surface area contributed by atoms with E-state index in [0.29, 0.717) is 5.92 Å². The molecule has 2 aliphatic rings. The molecule has 1 amide bonds. The summed E-state index contributed by atoms with van der Waals surface area (Å²) < 4.78 is 0. The highest BCUT2D eigenvalue weighted by Crippen LogP contribution is 2.36. The van der Waals surface area contributed by atoms with Gasteiger partial charge in [0.1, 0.15) is 0 Å². The zero-order valence-electron chi connectivity index (χ0n) is 14.6. The number of fused-ring (bicyclic) bond motifs is 2. The summed E-state index contributed by atoms with van der Waals surface area (Å²) in [6, 6.07) is 5.74. The molecule has 4 nitrogen and oxygen atoms in total. The average molecular weight is 323 g/mol. The topological polar surface area (TPSA) is 46.1 Å². The molecule has 4 rings (SSSR count). The Balaban J connectivity index is 1.57. The molecule has 4 heteroatoms. The van der Waals surface area contributed by atoms with Gasteiger partial charge in [-0.25, -0.2) is 9.97 Å². The van der Waals surface area contributed by atoms with Crippen LogP contribution in [-0.4, -0.2) is 33.9 Å². The third kappa shape index (κ3) is 2.79. The molecule has 2 aromatic rings. The first-order chi connectivity index (χ1) is 11.6. The van der Waals surface area contributed by atoms with Crippen LogP contribution >= 0.6 is 0 Å². The van der Waals surface area contributed by atoms with Gasteiger partial charge in [-0.05, 0) is 56.7 Å². The number of amides is 1. The van der Waals surface area contributed by atoms with Crippen molar-refractivity contribution in [1.82, 2.24) is 14.9 Å². The molecule has 2 heterocycles. The van der Waals surface area contributed by atoms with Gasteiger partial charge in [0.2, 0.25) is 0 Å². The number of hydrogen-bond acceptors (Lipinski definition) is 3. The maximum absolute atomic E-state index is 12.9. The van der Waals surface area contributed by atoms with Crippen molar-refractivity contribution in [3.63, 3.8) is 0 Å². The van der Waals surface area contributed by atoms with Crippen molar-refractivity contribution in [2.45, 2.75) is 46.0 Å².